The highest BCUT2D eigenvalue weighted by atomic mass is 16.1. The molecular weight excluding hydrogens is 262 g/mol. The maximum absolute atomic E-state index is 12.3. The van der Waals surface area contributed by atoms with Crippen molar-refractivity contribution in [1.29, 1.82) is 0 Å². The van der Waals surface area contributed by atoms with Gasteiger partial charge in [0.15, 0.2) is 0 Å². The van der Waals surface area contributed by atoms with Gasteiger partial charge in [-0.2, -0.15) is 0 Å². The molecular formula is C17H17N3O. The number of aromatic nitrogens is 2. The third kappa shape index (κ3) is 2.29. The molecule has 0 aliphatic carbocycles. The molecule has 4 heteroatoms. The van der Waals surface area contributed by atoms with Crippen LogP contribution in [0.5, 0.6) is 0 Å². The van der Waals surface area contributed by atoms with E-state index in [1.807, 2.05) is 60.8 Å². The maximum Gasteiger partial charge on any atom is 0.270 e. The molecule has 1 N–H and O–H groups in total. The molecule has 0 unspecified atom stereocenters. The fourth-order valence-electron chi connectivity index (χ4n) is 2.40. The molecule has 2 aromatic heterocycles. The van der Waals surface area contributed by atoms with Gasteiger partial charge in [0.05, 0.1) is 0 Å². The zero-order chi connectivity index (χ0) is 15.0. The summed E-state index contributed by atoms with van der Waals surface area (Å²) in [4.78, 5) is 16.9. The van der Waals surface area contributed by atoms with Crippen LogP contribution in [0.4, 0.5) is 0 Å². The predicted molar refractivity (Wildman–Crippen MR) is 83.5 cm³/mol. The fraction of sp³-hybridized carbons (Fsp3) is 0.176. The minimum atomic E-state index is -0.135. The first kappa shape index (κ1) is 13.4. The lowest BCUT2D eigenvalue weighted by Crippen LogP contribution is -2.20. The summed E-state index contributed by atoms with van der Waals surface area (Å²) in [5.74, 6) is -0.135. The molecule has 4 nitrogen and oxygen atoms in total. The quantitative estimate of drug-likeness (QED) is 0.784. The number of pyridine rings is 1. The van der Waals surface area contributed by atoms with Gasteiger partial charge in [0.25, 0.3) is 5.91 Å². The van der Waals surface area contributed by atoms with Gasteiger partial charge in [-0.3, -0.25) is 9.20 Å². The average Bonchev–Trinajstić information content (AvgIpc) is 2.85. The number of hydrogen-bond donors (Lipinski definition) is 1. The van der Waals surface area contributed by atoms with Crippen LogP contribution in [0.3, 0.4) is 0 Å². The summed E-state index contributed by atoms with van der Waals surface area (Å²) in [5.41, 5.74) is 5.26. The molecule has 0 radical (unpaired) electrons. The van der Waals surface area contributed by atoms with Gasteiger partial charge in [-0.15, -0.1) is 0 Å². The summed E-state index contributed by atoms with van der Waals surface area (Å²) in [6.07, 6.45) is 1.94. The third-order valence-electron chi connectivity index (χ3n) is 3.53. The van der Waals surface area contributed by atoms with Crippen LogP contribution in [-0.4, -0.2) is 22.3 Å². The van der Waals surface area contributed by atoms with Crippen LogP contribution in [-0.2, 0) is 0 Å². The second kappa shape index (κ2) is 5.05. The first-order chi connectivity index (χ1) is 10.1. The van der Waals surface area contributed by atoms with Crippen LogP contribution in [0.1, 0.15) is 21.6 Å². The average molecular weight is 279 g/mol. The topological polar surface area (TPSA) is 46.4 Å². The molecule has 0 atom stereocenters. The van der Waals surface area contributed by atoms with Crippen molar-refractivity contribution >= 4 is 11.6 Å². The lowest BCUT2D eigenvalue weighted by atomic mass is 10.1. The zero-order valence-corrected chi connectivity index (χ0v) is 12.3. The number of rotatable bonds is 2. The van der Waals surface area contributed by atoms with Gasteiger partial charge in [0.1, 0.15) is 17.0 Å². The Morgan fingerprint density at radius 3 is 2.38 bits per heavy atom. The summed E-state index contributed by atoms with van der Waals surface area (Å²) in [7, 11) is 1.64. The van der Waals surface area contributed by atoms with E-state index in [1.54, 1.807) is 7.05 Å². The highest BCUT2D eigenvalue weighted by molar-refractivity contribution is 5.99. The summed E-state index contributed by atoms with van der Waals surface area (Å²) >= 11 is 0. The molecule has 1 amide bonds. The van der Waals surface area contributed by atoms with E-state index in [2.05, 4.69) is 10.3 Å². The number of carbonyl (C=O) groups excluding carboxylic acids is 1. The number of carbonyl (C=O) groups is 1. The Labute approximate surface area is 123 Å². The summed E-state index contributed by atoms with van der Waals surface area (Å²) < 4.78 is 1.85. The van der Waals surface area contributed by atoms with Crippen molar-refractivity contribution in [2.24, 2.45) is 0 Å². The number of amides is 1. The van der Waals surface area contributed by atoms with E-state index in [1.165, 1.54) is 5.56 Å². The van der Waals surface area contributed by atoms with E-state index in [0.717, 1.165) is 16.8 Å². The normalized spacial score (nSPS) is 10.8. The van der Waals surface area contributed by atoms with Crippen molar-refractivity contribution < 1.29 is 4.79 Å². The molecule has 0 fully saturated rings. The lowest BCUT2D eigenvalue weighted by Gasteiger charge is -2.05. The van der Waals surface area contributed by atoms with E-state index in [-0.39, 0.29) is 5.91 Å². The van der Waals surface area contributed by atoms with Crippen LogP contribution >= 0.6 is 0 Å². The fourth-order valence-corrected chi connectivity index (χ4v) is 2.40. The highest BCUT2D eigenvalue weighted by Crippen LogP contribution is 2.25. The van der Waals surface area contributed by atoms with Gasteiger partial charge in [0, 0.05) is 18.8 Å². The second-order valence-electron chi connectivity index (χ2n) is 5.19. The molecule has 0 saturated heterocycles. The Morgan fingerprint density at radius 1 is 1.05 bits per heavy atom. The Morgan fingerprint density at radius 2 is 1.71 bits per heavy atom. The minimum Gasteiger partial charge on any atom is -0.354 e. The number of imidazole rings is 1. The van der Waals surface area contributed by atoms with Crippen molar-refractivity contribution in [2.45, 2.75) is 13.8 Å². The predicted octanol–water partition coefficient (Wildman–Crippen LogP) is 2.98. The highest BCUT2D eigenvalue weighted by Gasteiger charge is 2.19. The number of benzene rings is 1. The monoisotopic (exact) mass is 279 g/mol. The Bertz CT molecular complexity index is 816. The number of nitrogens with one attached hydrogen (secondary N) is 1. The van der Waals surface area contributed by atoms with Crippen molar-refractivity contribution in [2.75, 3.05) is 7.05 Å². The van der Waals surface area contributed by atoms with Crippen LogP contribution in [0, 0.1) is 13.8 Å². The summed E-state index contributed by atoms with van der Waals surface area (Å²) in [6, 6.07) is 12.0. The van der Waals surface area contributed by atoms with Crippen LogP contribution < -0.4 is 5.32 Å². The van der Waals surface area contributed by atoms with E-state index in [4.69, 9.17) is 0 Å². The smallest absolute Gasteiger partial charge is 0.270 e. The second-order valence-corrected chi connectivity index (χ2v) is 5.19. The number of aryl methyl sites for hydroxylation is 2. The molecule has 0 bridgehead atoms. The molecule has 2 heterocycles. The first-order valence-electron chi connectivity index (χ1n) is 6.88. The van der Waals surface area contributed by atoms with Gasteiger partial charge in [0.2, 0.25) is 0 Å². The first-order valence-corrected chi connectivity index (χ1v) is 6.88. The van der Waals surface area contributed by atoms with Gasteiger partial charge in [-0.25, -0.2) is 4.98 Å². The van der Waals surface area contributed by atoms with Crippen molar-refractivity contribution in [3.8, 4) is 11.3 Å². The largest absolute Gasteiger partial charge is 0.354 e. The van der Waals surface area contributed by atoms with Crippen LogP contribution in [0.15, 0.2) is 42.6 Å². The van der Waals surface area contributed by atoms with E-state index < -0.39 is 0 Å². The standard InChI is InChI=1S/C17H17N3O/c1-11-4-7-13(8-5-11)15-16(17(21)18-3)20-10-12(2)6-9-14(20)19-15/h4-10H,1-3H3,(H,18,21). The minimum absolute atomic E-state index is 0.135. The Kier molecular flexibility index (Phi) is 3.22. The molecule has 0 aliphatic rings. The van der Waals surface area contributed by atoms with Crippen LogP contribution in [0.25, 0.3) is 16.9 Å². The molecule has 0 aliphatic heterocycles. The van der Waals surface area contributed by atoms with E-state index in [9.17, 15) is 4.79 Å². The third-order valence-corrected chi connectivity index (χ3v) is 3.53. The van der Waals surface area contributed by atoms with Gasteiger partial charge in [-0.05, 0) is 25.5 Å². The molecule has 0 saturated carbocycles. The number of nitrogens with zero attached hydrogens (tertiary/aromatic N) is 2. The Balaban J connectivity index is 2.30. The molecule has 0 spiro atoms. The van der Waals surface area contributed by atoms with Gasteiger partial charge < -0.3 is 5.32 Å². The van der Waals surface area contributed by atoms with Gasteiger partial charge >= 0.3 is 0 Å². The molecule has 21 heavy (non-hydrogen) atoms. The molecule has 1 aromatic carbocycles. The lowest BCUT2D eigenvalue weighted by molar-refractivity contribution is 0.0958. The van der Waals surface area contributed by atoms with E-state index in [0.29, 0.717) is 11.4 Å². The number of fused-ring (bicyclic) bond motifs is 1. The maximum atomic E-state index is 12.3. The Hall–Kier alpha value is -2.62. The van der Waals surface area contributed by atoms with Crippen molar-refractivity contribution in [1.82, 2.24) is 14.7 Å². The van der Waals surface area contributed by atoms with E-state index >= 15 is 0 Å². The van der Waals surface area contributed by atoms with Crippen LogP contribution in [0.2, 0.25) is 0 Å². The molecule has 3 aromatic rings. The van der Waals surface area contributed by atoms with Gasteiger partial charge in [-0.1, -0.05) is 35.9 Å². The summed E-state index contributed by atoms with van der Waals surface area (Å²) in [6.45, 7) is 4.04. The summed E-state index contributed by atoms with van der Waals surface area (Å²) in [5, 5.41) is 2.70. The molecule has 3 rings (SSSR count). The van der Waals surface area contributed by atoms with Crippen molar-refractivity contribution in [3.63, 3.8) is 0 Å². The SMILES string of the molecule is CNC(=O)c1c(-c2ccc(C)cc2)nc2ccc(C)cn12. The number of hydrogen-bond acceptors (Lipinski definition) is 2. The zero-order valence-electron chi connectivity index (χ0n) is 12.3. The van der Waals surface area contributed by atoms with Crippen molar-refractivity contribution in [3.05, 3.63) is 59.4 Å². The molecule has 106 valence electrons.